The van der Waals surface area contributed by atoms with Crippen molar-refractivity contribution in [3.8, 4) is 0 Å². The molecule has 4 nitrogen and oxygen atoms in total. The van der Waals surface area contributed by atoms with Crippen molar-refractivity contribution in [2.45, 2.75) is 26.3 Å². The standard InChI is InChI=1S/C15H21Cl2N3O/c1-10-4-5-11(16)13(12(10)17)19-14(21)15(2,3)20-8-6-18-7-9-20/h4-5,18H,6-9H2,1-3H3,(H,19,21). The number of aryl methyl sites for hydroxylation is 1. The molecule has 0 saturated carbocycles. The van der Waals surface area contributed by atoms with Crippen LogP contribution in [0.5, 0.6) is 0 Å². The van der Waals surface area contributed by atoms with Gasteiger partial charge in [-0.05, 0) is 32.4 Å². The Morgan fingerprint density at radius 1 is 1.29 bits per heavy atom. The third-order valence-corrected chi connectivity index (χ3v) is 4.79. The van der Waals surface area contributed by atoms with Crippen LogP contribution in [0.3, 0.4) is 0 Å². The number of hydrogen-bond acceptors (Lipinski definition) is 3. The lowest BCUT2D eigenvalue weighted by atomic mass is 10.00. The fourth-order valence-corrected chi connectivity index (χ4v) is 2.87. The molecule has 0 atom stereocenters. The second-order valence-electron chi connectivity index (χ2n) is 5.80. The second kappa shape index (κ2) is 6.53. The van der Waals surface area contributed by atoms with Gasteiger partial charge in [-0.25, -0.2) is 0 Å². The summed E-state index contributed by atoms with van der Waals surface area (Å²) >= 11 is 12.4. The van der Waals surface area contributed by atoms with Gasteiger partial charge >= 0.3 is 0 Å². The van der Waals surface area contributed by atoms with E-state index in [-0.39, 0.29) is 5.91 Å². The minimum absolute atomic E-state index is 0.0983. The fourth-order valence-electron chi connectivity index (χ4n) is 2.41. The van der Waals surface area contributed by atoms with E-state index in [2.05, 4.69) is 15.5 Å². The Kier molecular flexibility index (Phi) is 5.15. The molecule has 0 bridgehead atoms. The van der Waals surface area contributed by atoms with Crippen molar-refractivity contribution in [3.63, 3.8) is 0 Å². The highest BCUT2D eigenvalue weighted by Crippen LogP contribution is 2.33. The summed E-state index contributed by atoms with van der Waals surface area (Å²) in [6.45, 7) is 9.20. The van der Waals surface area contributed by atoms with Crippen LogP contribution >= 0.6 is 23.2 Å². The number of rotatable bonds is 3. The van der Waals surface area contributed by atoms with E-state index in [0.29, 0.717) is 15.7 Å². The third kappa shape index (κ3) is 3.51. The van der Waals surface area contributed by atoms with Crippen LogP contribution in [0.15, 0.2) is 12.1 Å². The van der Waals surface area contributed by atoms with Gasteiger partial charge in [0.1, 0.15) is 0 Å². The van der Waals surface area contributed by atoms with Crippen molar-refractivity contribution in [1.29, 1.82) is 0 Å². The molecule has 1 heterocycles. The Hall–Kier alpha value is -0.810. The van der Waals surface area contributed by atoms with Crippen LogP contribution in [0.25, 0.3) is 0 Å². The molecule has 116 valence electrons. The van der Waals surface area contributed by atoms with E-state index in [4.69, 9.17) is 23.2 Å². The van der Waals surface area contributed by atoms with Crippen LogP contribution in [0, 0.1) is 6.92 Å². The van der Waals surface area contributed by atoms with Crippen molar-refractivity contribution in [2.75, 3.05) is 31.5 Å². The highest BCUT2D eigenvalue weighted by atomic mass is 35.5. The molecular formula is C15H21Cl2N3O. The Morgan fingerprint density at radius 3 is 2.52 bits per heavy atom. The molecule has 1 aromatic carbocycles. The monoisotopic (exact) mass is 329 g/mol. The number of benzene rings is 1. The summed E-state index contributed by atoms with van der Waals surface area (Å²) in [5.74, 6) is -0.0983. The van der Waals surface area contributed by atoms with Crippen LogP contribution in [-0.4, -0.2) is 42.5 Å². The maximum atomic E-state index is 12.7. The Labute approximate surface area is 135 Å². The highest BCUT2D eigenvalue weighted by Gasteiger charge is 2.35. The number of nitrogens with one attached hydrogen (secondary N) is 2. The normalized spacial score (nSPS) is 16.8. The van der Waals surface area contributed by atoms with Gasteiger partial charge in [-0.2, -0.15) is 0 Å². The molecule has 1 saturated heterocycles. The minimum atomic E-state index is -0.613. The summed E-state index contributed by atoms with van der Waals surface area (Å²) in [4.78, 5) is 14.8. The number of carbonyl (C=O) groups is 1. The number of hydrogen-bond donors (Lipinski definition) is 2. The summed E-state index contributed by atoms with van der Waals surface area (Å²) < 4.78 is 0. The molecular weight excluding hydrogens is 309 g/mol. The predicted molar refractivity (Wildman–Crippen MR) is 88.4 cm³/mol. The molecule has 2 N–H and O–H groups in total. The van der Waals surface area contributed by atoms with Crippen molar-refractivity contribution in [1.82, 2.24) is 10.2 Å². The van der Waals surface area contributed by atoms with Crippen molar-refractivity contribution in [3.05, 3.63) is 27.7 Å². The number of halogens is 2. The first-order valence-electron chi connectivity index (χ1n) is 7.06. The molecule has 1 aliphatic heterocycles. The second-order valence-corrected chi connectivity index (χ2v) is 6.59. The maximum Gasteiger partial charge on any atom is 0.244 e. The third-order valence-electron chi connectivity index (χ3n) is 3.99. The lowest BCUT2D eigenvalue weighted by Gasteiger charge is -2.39. The summed E-state index contributed by atoms with van der Waals surface area (Å²) in [5, 5.41) is 7.12. The van der Waals surface area contributed by atoms with E-state index < -0.39 is 5.54 Å². The zero-order chi connectivity index (χ0) is 15.6. The number of carbonyl (C=O) groups excluding carboxylic acids is 1. The molecule has 0 aromatic heterocycles. The molecule has 0 spiro atoms. The van der Waals surface area contributed by atoms with Gasteiger partial charge in [0.25, 0.3) is 0 Å². The molecule has 1 aromatic rings. The maximum absolute atomic E-state index is 12.7. The summed E-state index contributed by atoms with van der Waals surface area (Å²) in [7, 11) is 0. The average Bonchev–Trinajstić information content (AvgIpc) is 2.48. The summed E-state index contributed by atoms with van der Waals surface area (Å²) in [6.07, 6.45) is 0. The molecule has 1 fully saturated rings. The SMILES string of the molecule is Cc1ccc(Cl)c(NC(=O)C(C)(C)N2CCNCC2)c1Cl. The lowest BCUT2D eigenvalue weighted by molar-refractivity contribution is -0.126. The number of piperazine rings is 1. The van der Waals surface area contributed by atoms with E-state index in [9.17, 15) is 4.79 Å². The smallest absolute Gasteiger partial charge is 0.244 e. The van der Waals surface area contributed by atoms with Crippen molar-refractivity contribution in [2.24, 2.45) is 0 Å². The fraction of sp³-hybridized carbons (Fsp3) is 0.533. The minimum Gasteiger partial charge on any atom is -0.322 e. The largest absolute Gasteiger partial charge is 0.322 e. The van der Waals surface area contributed by atoms with E-state index in [0.717, 1.165) is 31.7 Å². The van der Waals surface area contributed by atoms with Crippen LogP contribution in [0.1, 0.15) is 19.4 Å². The van der Waals surface area contributed by atoms with E-state index in [1.165, 1.54) is 0 Å². The van der Waals surface area contributed by atoms with Gasteiger partial charge in [0.15, 0.2) is 0 Å². The van der Waals surface area contributed by atoms with Gasteiger partial charge in [0.2, 0.25) is 5.91 Å². The van der Waals surface area contributed by atoms with Gasteiger partial charge in [-0.15, -0.1) is 0 Å². The summed E-state index contributed by atoms with van der Waals surface area (Å²) in [5.41, 5.74) is 0.765. The molecule has 6 heteroatoms. The van der Waals surface area contributed by atoms with E-state index >= 15 is 0 Å². The molecule has 0 aliphatic carbocycles. The first kappa shape index (κ1) is 16.6. The lowest BCUT2D eigenvalue weighted by Crippen LogP contribution is -2.58. The average molecular weight is 330 g/mol. The van der Waals surface area contributed by atoms with Crippen molar-refractivity contribution >= 4 is 34.8 Å². The molecule has 1 aliphatic rings. The molecule has 0 unspecified atom stereocenters. The Balaban J connectivity index is 2.19. The summed E-state index contributed by atoms with van der Waals surface area (Å²) in [6, 6.07) is 3.58. The van der Waals surface area contributed by atoms with Gasteiger partial charge in [-0.1, -0.05) is 29.3 Å². The van der Waals surface area contributed by atoms with Gasteiger partial charge < -0.3 is 10.6 Å². The van der Waals surface area contributed by atoms with Crippen LogP contribution in [0.4, 0.5) is 5.69 Å². The van der Waals surface area contributed by atoms with E-state index in [1.807, 2.05) is 26.8 Å². The zero-order valence-corrected chi connectivity index (χ0v) is 14.1. The topological polar surface area (TPSA) is 44.4 Å². The van der Waals surface area contributed by atoms with Gasteiger partial charge in [0.05, 0.1) is 21.3 Å². The quantitative estimate of drug-likeness (QED) is 0.896. The number of anilines is 1. The van der Waals surface area contributed by atoms with Gasteiger partial charge in [0, 0.05) is 26.2 Å². The number of nitrogens with zero attached hydrogens (tertiary/aromatic N) is 1. The molecule has 21 heavy (non-hydrogen) atoms. The molecule has 2 rings (SSSR count). The van der Waals surface area contributed by atoms with Crippen LogP contribution in [-0.2, 0) is 4.79 Å². The van der Waals surface area contributed by atoms with Crippen molar-refractivity contribution < 1.29 is 4.79 Å². The van der Waals surface area contributed by atoms with E-state index in [1.54, 1.807) is 6.07 Å². The first-order chi connectivity index (χ1) is 9.84. The number of amides is 1. The molecule has 0 radical (unpaired) electrons. The Morgan fingerprint density at radius 2 is 1.90 bits per heavy atom. The van der Waals surface area contributed by atoms with Crippen LogP contribution in [0.2, 0.25) is 10.0 Å². The Bertz CT molecular complexity index is 540. The van der Waals surface area contributed by atoms with Crippen LogP contribution < -0.4 is 10.6 Å². The molecule has 1 amide bonds. The zero-order valence-electron chi connectivity index (χ0n) is 12.6. The van der Waals surface area contributed by atoms with Gasteiger partial charge in [-0.3, -0.25) is 9.69 Å². The highest BCUT2D eigenvalue weighted by molar-refractivity contribution is 6.40. The first-order valence-corrected chi connectivity index (χ1v) is 7.81. The predicted octanol–water partition coefficient (Wildman–Crippen LogP) is 2.92.